The predicted molar refractivity (Wildman–Crippen MR) is 120 cm³/mol. The van der Waals surface area contributed by atoms with Crippen molar-refractivity contribution in [3.05, 3.63) is 89.9 Å². The number of rotatable bonds is 8. The number of carbonyl (C=O) groups is 2. The van der Waals surface area contributed by atoms with Crippen molar-refractivity contribution in [3.63, 3.8) is 0 Å². The monoisotopic (exact) mass is 438 g/mol. The quantitative estimate of drug-likeness (QED) is 0.412. The van der Waals surface area contributed by atoms with E-state index in [0.29, 0.717) is 24.4 Å². The van der Waals surface area contributed by atoms with Gasteiger partial charge in [0.05, 0.1) is 18.6 Å². The molecule has 30 heavy (non-hydrogen) atoms. The van der Waals surface area contributed by atoms with Crippen molar-refractivity contribution in [2.75, 3.05) is 18.1 Å². The van der Waals surface area contributed by atoms with E-state index >= 15 is 0 Å². The Morgan fingerprint density at radius 2 is 1.90 bits per heavy atom. The Bertz CT molecular complexity index is 975. The Labute approximate surface area is 184 Å². The van der Waals surface area contributed by atoms with E-state index in [4.69, 9.17) is 4.42 Å². The largest absolute Gasteiger partial charge is 0.467 e. The molecule has 1 aliphatic rings. The summed E-state index contributed by atoms with van der Waals surface area (Å²) in [5, 5.41) is 2.89. The average molecular weight is 439 g/mol. The van der Waals surface area contributed by atoms with Crippen LogP contribution in [0.3, 0.4) is 0 Å². The lowest BCUT2D eigenvalue weighted by Crippen LogP contribution is -2.28. The summed E-state index contributed by atoms with van der Waals surface area (Å²) in [5.74, 6) is 2.04. The smallest absolute Gasteiger partial charge is 0.251 e. The van der Waals surface area contributed by atoms with Crippen molar-refractivity contribution in [1.82, 2.24) is 10.2 Å². The average Bonchev–Trinajstić information content (AvgIpc) is 3.42. The van der Waals surface area contributed by atoms with Crippen LogP contribution in [0.1, 0.15) is 27.1 Å². The second kappa shape index (κ2) is 9.91. The van der Waals surface area contributed by atoms with Crippen LogP contribution in [0.5, 0.6) is 0 Å². The van der Waals surface area contributed by atoms with E-state index in [9.17, 15) is 9.59 Å². The molecule has 2 amide bonds. The molecular formula is C23H22N2O3S2. The van der Waals surface area contributed by atoms with Gasteiger partial charge in [-0.15, -0.1) is 23.5 Å². The fourth-order valence-electron chi connectivity index (χ4n) is 3.22. The zero-order valence-corrected chi connectivity index (χ0v) is 18.0. The lowest BCUT2D eigenvalue weighted by molar-refractivity contribution is -0.128. The van der Waals surface area contributed by atoms with E-state index in [1.165, 1.54) is 4.90 Å². The molecule has 1 aliphatic heterocycles. The molecule has 1 saturated heterocycles. The molecule has 0 spiro atoms. The number of carbonyl (C=O) groups excluding carboxylic acids is 2. The van der Waals surface area contributed by atoms with Crippen LogP contribution in [-0.2, 0) is 11.3 Å². The number of benzene rings is 2. The van der Waals surface area contributed by atoms with Crippen molar-refractivity contribution in [3.8, 4) is 0 Å². The minimum atomic E-state index is -0.0854. The SMILES string of the molecule is O=C(NCCSc1ccccc1)c1ccc([C@H]2SCC(=O)N2Cc2ccco2)cc1. The highest BCUT2D eigenvalue weighted by Gasteiger charge is 2.33. The van der Waals surface area contributed by atoms with Gasteiger partial charge < -0.3 is 14.6 Å². The maximum atomic E-state index is 12.4. The number of furan rings is 1. The summed E-state index contributed by atoms with van der Waals surface area (Å²) in [4.78, 5) is 27.7. The maximum Gasteiger partial charge on any atom is 0.251 e. The highest BCUT2D eigenvalue weighted by atomic mass is 32.2. The summed E-state index contributed by atoms with van der Waals surface area (Å²) >= 11 is 3.31. The number of thioether (sulfide) groups is 2. The lowest BCUT2D eigenvalue weighted by atomic mass is 10.1. The molecule has 0 aliphatic carbocycles. The van der Waals surface area contributed by atoms with E-state index in [-0.39, 0.29) is 17.2 Å². The van der Waals surface area contributed by atoms with Crippen molar-refractivity contribution in [1.29, 1.82) is 0 Å². The molecule has 0 unspecified atom stereocenters. The van der Waals surface area contributed by atoms with Crippen LogP contribution in [0.15, 0.2) is 82.3 Å². The van der Waals surface area contributed by atoms with Crippen LogP contribution in [-0.4, -0.2) is 34.8 Å². The lowest BCUT2D eigenvalue weighted by Gasteiger charge is -2.23. The molecule has 1 fully saturated rings. The molecule has 3 aromatic rings. The maximum absolute atomic E-state index is 12.4. The summed E-state index contributed by atoms with van der Waals surface area (Å²) in [5.41, 5.74) is 1.63. The highest BCUT2D eigenvalue weighted by Crippen LogP contribution is 2.39. The van der Waals surface area contributed by atoms with Gasteiger partial charge >= 0.3 is 0 Å². The molecule has 1 N–H and O–H groups in total. The molecule has 4 rings (SSSR count). The molecular weight excluding hydrogens is 416 g/mol. The van der Waals surface area contributed by atoms with Gasteiger partial charge in [0.1, 0.15) is 11.1 Å². The van der Waals surface area contributed by atoms with E-state index in [1.807, 2.05) is 59.5 Å². The topological polar surface area (TPSA) is 62.6 Å². The van der Waals surface area contributed by atoms with Crippen LogP contribution < -0.4 is 5.32 Å². The summed E-state index contributed by atoms with van der Waals surface area (Å²) in [7, 11) is 0. The molecule has 2 aromatic carbocycles. The van der Waals surface area contributed by atoms with Gasteiger partial charge in [0, 0.05) is 22.8 Å². The Morgan fingerprint density at radius 3 is 2.63 bits per heavy atom. The third-order valence-electron chi connectivity index (χ3n) is 4.73. The van der Waals surface area contributed by atoms with Crippen LogP contribution >= 0.6 is 23.5 Å². The molecule has 0 radical (unpaired) electrons. The summed E-state index contributed by atoms with van der Waals surface area (Å²) in [6.45, 7) is 1.05. The van der Waals surface area contributed by atoms with Gasteiger partial charge in [-0.1, -0.05) is 30.3 Å². The van der Waals surface area contributed by atoms with Gasteiger partial charge in [-0.25, -0.2) is 0 Å². The summed E-state index contributed by atoms with van der Waals surface area (Å²) < 4.78 is 5.40. The van der Waals surface area contributed by atoms with Gasteiger partial charge in [-0.2, -0.15) is 0 Å². The van der Waals surface area contributed by atoms with Crippen LogP contribution in [0.25, 0.3) is 0 Å². The number of amides is 2. The number of hydrogen-bond acceptors (Lipinski definition) is 5. The Hall–Kier alpha value is -2.64. The molecule has 154 valence electrons. The van der Waals surface area contributed by atoms with Crippen molar-refractivity contribution in [2.45, 2.75) is 16.8 Å². The first-order chi connectivity index (χ1) is 14.7. The highest BCUT2D eigenvalue weighted by molar-refractivity contribution is 8.00. The second-order valence-corrected chi connectivity index (χ2v) is 9.04. The minimum Gasteiger partial charge on any atom is -0.467 e. The Kier molecular flexibility index (Phi) is 6.81. The number of nitrogens with one attached hydrogen (secondary N) is 1. The third kappa shape index (κ3) is 5.09. The third-order valence-corrected chi connectivity index (χ3v) is 7.00. The van der Waals surface area contributed by atoms with Gasteiger partial charge in [-0.3, -0.25) is 9.59 Å². The van der Waals surface area contributed by atoms with E-state index in [1.54, 1.807) is 29.8 Å². The standard InChI is InChI=1S/C23H22N2O3S2/c26-21-16-30-23(25(21)15-19-5-4-13-28-19)18-10-8-17(9-11-18)22(27)24-12-14-29-20-6-2-1-3-7-20/h1-11,13,23H,12,14-16H2,(H,24,27)/t23-/m1/s1. The van der Waals surface area contributed by atoms with Crippen LogP contribution in [0.2, 0.25) is 0 Å². The fourth-order valence-corrected chi connectivity index (χ4v) is 5.20. The number of nitrogens with zero attached hydrogens (tertiary/aromatic N) is 1. The zero-order valence-electron chi connectivity index (χ0n) is 16.3. The van der Waals surface area contributed by atoms with Crippen molar-refractivity contribution >= 4 is 35.3 Å². The zero-order chi connectivity index (χ0) is 20.8. The molecule has 7 heteroatoms. The Balaban J connectivity index is 1.31. The van der Waals surface area contributed by atoms with E-state index in [2.05, 4.69) is 17.4 Å². The first kappa shape index (κ1) is 20.6. The number of hydrogen-bond donors (Lipinski definition) is 1. The van der Waals surface area contributed by atoms with Gasteiger partial charge in [0.25, 0.3) is 5.91 Å². The van der Waals surface area contributed by atoms with Gasteiger partial charge in [0.15, 0.2) is 0 Å². The molecule has 1 aromatic heterocycles. The van der Waals surface area contributed by atoms with E-state index < -0.39 is 0 Å². The van der Waals surface area contributed by atoms with Gasteiger partial charge in [0.2, 0.25) is 5.91 Å². The Morgan fingerprint density at radius 1 is 1.10 bits per heavy atom. The first-order valence-corrected chi connectivity index (χ1v) is 11.7. The van der Waals surface area contributed by atoms with Crippen LogP contribution in [0.4, 0.5) is 0 Å². The molecule has 1 atom stereocenters. The molecule has 5 nitrogen and oxygen atoms in total. The fraction of sp³-hybridized carbons (Fsp3) is 0.217. The molecule has 2 heterocycles. The van der Waals surface area contributed by atoms with Crippen molar-refractivity contribution in [2.24, 2.45) is 0 Å². The molecule has 0 bridgehead atoms. The first-order valence-electron chi connectivity index (χ1n) is 9.70. The minimum absolute atomic E-state index is 0.0676. The normalized spacial score (nSPS) is 16.1. The summed E-state index contributed by atoms with van der Waals surface area (Å²) in [6.07, 6.45) is 1.61. The van der Waals surface area contributed by atoms with Crippen LogP contribution in [0, 0.1) is 0 Å². The van der Waals surface area contributed by atoms with Crippen molar-refractivity contribution < 1.29 is 14.0 Å². The summed E-state index contributed by atoms with van der Waals surface area (Å²) in [6, 6.07) is 21.3. The molecule has 0 saturated carbocycles. The van der Waals surface area contributed by atoms with Gasteiger partial charge in [-0.05, 0) is 42.0 Å². The van der Waals surface area contributed by atoms with E-state index in [0.717, 1.165) is 17.1 Å². The second-order valence-electron chi connectivity index (χ2n) is 6.80. The predicted octanol–water partition coefficient (Wildman–Crippen LogP) is 4.58.